The zero-order valence-corrected chi connectivity index (χ0v) is 24.4. The highest BCUT2D eigenvalue weighted by Gasteiger charge is 2.22. The van der Waals surface area contributed by atoms with Crippen LogP contribution in [-0.2, 0) is 4.79 Å². The molecule has 1 saturated carbocycles. The molecule has 0 radical (unpaired) electrons. The first-order chi connectivity index (χ1) is 18.9. The summed E-state index contributed by atoms with van der Waals surface area (Å²) in [6, 6.07) is 5.56. The summed E-state index contributed by atoms with van der Waals surface area (Å²) in [5.74, 6) is 1.38. The van der Waals surface area contributed by atoms with Gasteiger partial charge in [-0.25, -0.2) is 4.98 Å². The minimum absolute atomic E-state index is 0.0613. The van der Waals surface area contributed by atoms with Gasteiger partial charge >= 0.3 is 0 Å². The third-order valence-electron chi connectivity index (χ3n) is 7.25. The highest BCUT2D eigenvalue weighted by molar-refractivity contribution is 9.10. The first-order valence-electron chi connectivity index (χ1n) is 13.6. The Balaban J connectivity index is 1.44. The Labute approximate surface area is 238 Å². The summed E-state index contributed by atoms with van der Waals surface area (Å²) in [5, 5.41) is 12.7. The van der Waals surface area contributed by atoms with E-state index in [4.69, 9.17) is 4.74 Å². The summed E-state index contributed by atoms with van der Waals surface area (Å²) in [7, 11) is 1.57. The summed E-state index contributed by atoms with van der Waals surface area (Å²) in [6.45, 7) is 6.72. The first-order valence-corrected chi connectivity index (χ1v) is 14.4. The van der Waals surface area contributed by atoms with Crippen LogP contribution in [0.4, 0.5) is 17.5 Å². The minimum atomic E-state index is -0.100. The van der Waals surface area contributed by atoms with E-state index in [1.165, 1.54) is 6.92 Å². The number of halogens is 1. The van der Waals surface area contributed by atoms with E-state index in [1.807, 2.05) is 6.20 Å². The summed E-state index contributed by atoms with van der Waals surface area (Å²) >= 11 is 3.55. The first kappa shape index (κ1) is 28.8. The lowest BCUT2D eigenvalue weighted by atomic mass is 9.90. The zero-order chi connectivity index (χ0) is 27.8. The van der Waals surface area contributed by atoms with Crippen molar-refractivity contribution in [2.24, 2.45) is 0 Å². The number of likely N-dealkylation sites (tertiary alicyclic amines) is 1. The Kier molecular flexibility index (Phi) is 10.2. The van der Waals surface area contributed by atoms with Gasteiger partial charge in [-0.3, -0.25) is 9.59 Å². The van der Waals surface area contributed by atoms with E-state index in [0.717, 1.165) is 68.2 Å². The van der Waals surface area contributed by atoms with Gasteiger partial charge in [0.25, 0.3) is 5.91 Å². The van der Waals surface area contributed by atoms with Crippen LogP contribution in [0.25, 0.3) is 0 Å². The van der Waals surface area contributed by atoms with Gasteiger partial charge in [-0.1, -0.05) is 13.3 Å². The summed E-state index contributed by atoms with van der Waals surface area (Å²) in [6.07, 6.45) is 9.46. The van der Waals surface area contributed by atoms with Crippen LogP contribution in [-0.4, -0.2) is 65.5 Å². The predicted octanol–water partition coefficient (Wildman–Crippen LogP) is 4.58. The number of nitrogens with zero attached hydrogens (tertiary/aromatic N) is 3. The maximum absolute atomic E-state index is 12.9. The van der Waals surface area contributed by atoms with E-state index >= 15 is 0 Å². The summed E-state index contributed by atoms with van der Waals surface area (Å²) < 4.78 is 6.33. The molecule has 2 heterocycles. The lowest BCUT2D eigenvalue weighted by molar-refractivity contribution is -0.118. The van der Waals surface area contributed by atoms with Gasteiger partial charge < -0.3 is 30.9 Å². The number of nitrogens with one attached hydrogen (secondary N) is 4. The molecule has 1 aliphatic carbocycles. The smallest absolute Gasteiger partial charge is 0.251 e. The van der Waals surface area contributed by atoms with E-state index in [1.54, 1.807) is 31.5 Å². The number of ether oxygens (including phenoxy) is 1. The molecule has 1 aromatic carbocycles. The lowest BCUT2D eigenvalue weighted by Gasteiger charge is -2.31. The Bertz CT molecular complexity index is 1200. The lowest BCUT2D eigenvalue weighted by Crippen LogP contribution is -2.44. The molecule has 4 N–H and O–H groups in total. The average molecular weight is 601 g/mol. The third-order valence-corrected chi connectivity index (χ3v) is 7.83. The van der Waals surface area contributed by atoms with E-state index in [0.29, 0.717) is 28.8 Å². The Morgan fingerprint density at radius 1 is 1.21 bits per heavy atom. The van der Waals surface area contributed by atoms with Crippen molar-refractivity contribution in [2.45, 2.75) is 64.5 Å². The van der Waals surface area contributed by atoms with Crippen LogP contribution in [0.2, 0.25) is 0 Å². The van der Waals surface area contributed by atoms with E-state index in [2.05, 4.69) is 59.0 Å². The van der Waals surface area contributed by atoms with E-state index in [9.17, 15) is 9.59 Å². The summed E-state index contributed by atoms with van der Waals surface area (Å²) in [4.78, 5) is 35.8. The molecule has 10 nitrogen and oxygen atoms in total. The molecule has 1 aromatic heterocycles. The molecule has 1 saturated heterocycles. The molecule has 2 aromatic rings. The second kappa shape index (κ2) is 13.7. The second-order valence-corrected chi connectivity index (χ2v) is 10.8. The third kappa shape index (κ3) is 7.92. The number of carbonyl (C=O) groups excluding carboxylic acids is 2. The fourth-order valence-electron chi connectivity index (χ4n) is 4.98. The molecule has 11 heteroatoms. The quantitative estimate of drug-likeness (QED) is 0.330. The second-order valence-electron chi connectivity index (χ2n) is 9.97. The highest BCUT2D eigenvalue weighted by Crippen LogP contribution is 2.31. The van der Waals surface area contributed by atoms with Crippen LogP contribution in [0.5, 0.6) is 5.75 Å². The minimum Gasteiger partial charge on any atom is -0.495 e. The van der Waals surface area contributed by atoms with E-state index < -0.39 is 0 Å². The molecule has 2 aliphatic rings. The molecule has 1 atom stereocenters. The van der Waals surface area contributed by atoms with Crippen LogP contribution in [0.1, 0.15) is 62.7 Å². The molecule has 1 unspecified atom stereocenters. The molecule has 4 rings (SSSR count). The van der Waals surface area contributed by atoms with Crippen molar-refractivity contribution >= 4 is 45.2 Å². The molecule has 39 heavy (non-hydrogen) atoms. The van der Waals surface area contributed by atoms with Crippen LogP contribution in [0, 0.1) is 0 Å². The number of hydrogen-bond donors (Lipinski definition) is 4. The number of amides is 2. The zero-order valence-electron chi connectivity index (χ0n) is 22.8. The van der Waals surface area contributed by atoms with Crippen molar-refractivity contribution < 1.29 is 14.3 Å². The number of piperidine rings is 1. The van der Waals surface area contributed by atoms with Gasteiger partial charge in [0.05, 0.1) is 23.3 Å². The fourth-order valence-corrected chi connectivity index (χ4v) is 5.29. The Morgan fingerprint density at radius 3 is 2.72 bits per heavy atom. The SMILES string of the molecule is CCN1CCC(NC(=O)c2ccc(Nc3ncc(Br)c(NC4CCCC/C4=C/NC(C)=O)n3)c(OC)c2)CC1. The van der Waals surface area contributed by atoms with Gasteiger partial charge in [-0.05, 0) is 78.4 Å². The molecular weight excluding hydrogens is 562 g/mol. The van der Waals surface area contributed by atoms with Crippen molar-refractivity contribution in [3.05, 3.63) is 46.2 Å². The van der Waals surface area contributed by atoms with E-state index in [-0.39, 0.29) is 23.9 Å². The maximum Gasteiger partial charge on any atom is 0.251 e. The number of aromatic nitrogens is 2. The molecule has 0 bridgehead atoms. The highest BCUT2D eigenvalue weighted by atomic mass is 79.9. The molecule has 210 valence electrons. The number of methoxy groups -OCH3 is 1. The van der Waals surface area contributed by atoms with Crippen molar-refractivity contribution in [3.8, 4) is 5.75 Å². The fraction of sp³-hybridized carbons (Fsp3) is 0.500. The van der Waals surface area contributed by atoms with Gasteiger partial charge in [0.1, 0.15) is 11.6 Å². The van der Waals surface area contributed by atoms with Crippen molar-refractivity contribution in [1.82, 2.24) is 25.5 Å². The van der Waals surface area contributed by atoms with Gasteiger partial charge in [0, 0.05) is 44.0 Å². The standard InChI is InChI=1S/C28H38BrN7O3/c1-4-36-13-11-21(12-14-36)32-27(38)19-9-10-24(25(15-19)39-3)34-28-31-17-22(29)26(35-28)33-23-8-6-5-7-20(23)16-30-18(2)37/h9-10,15-17,21,23H,4-8,11-14H2,1-3H3,(H,30,37)(H,32,38)(H2,31,33,34,35)/b20-16-. The van der Waals surface area contributed by atoms with Gasteiger partial charge in [0.15, 0.2) is 0 Å². The molecule has 0 spiro atoms. The van der Waals surface area contributed by atoms with Gasteiger partial charge in [0.2, 0.25) is 11.9 Å². The average Bonchev–Trinajstić information content (AvgIpc) is 2.94. The van der Waals surface area contributed by atoms with Crippen LogP contribution < -0.4 is 26.0 Å². The summed E-state index contributed by atoms with van der Waals surface area (Å²) in [5.41, 5.74) is 2.34. The Hall–Kier alpha value is -3.18. The Morgan fingerprint density at radius 2 is 2.00 bits per heavy atom. The number of anilines is 3. The normalized spacial score (nSPS) is 19.4. The largest absolute Gasteiger partial charge is 0.495 e. The number of carbonyl (C=O) groups is 2. The van der Waals surface area contributed by atoms with Crippen molar-refractivity contribution in [3.63, 3.8) is 0 Å². The van der Waals surface area contributed by atoms with Crippen molar-refractivity contribution in [2.75, 3.05) is 37.4 Å². The predicted molar refractivity (Wildman–Crippen MR) is 156 cm³/mol. The molecule has 2 fully saturated rings. The number of benzene rings is 1. The molecule has 2 amide bonds. The van der Waals surface area contributed by atoms with Crippen LogP contribution >= 0.6 is 15.9 Å². The van der Waals surface area contributed by atoms with Crippen LogP contribution in [0.3, 0.4) is 0 Å². The molecule has 1 aliphatic heterocycles. The van der Waals surface area contributed by atoms with Crippen LogP contribution in [0.15, 0.2) is 40.6 Å². The van der Waals surface area contributed by atoms with Gasteiger partial charge in [-0.2, -0.15) is 4.98 Å². The maximum atomic E-state index is 12.9. The van der Waals surface area contributed by atoms with Crippen molar-refractivity contribution in [1.29, 1.82) is 0 Å². The number of hydrogen-bond acceptors (Lipinski definition) is 8. The molecular formula is C28H38BrN7O3. The monoisotopic (exact) mass is 599 g/mol. The topological polar surface area (TPSA) is 121 Å². The number of rotatable bonds is 9. The van der Waals surface area contributed by atoms with Gasteiger partial charge in [-0.15, -0.1) is 0 Å².